The molecule has 4 heterocycles. The van der Waals surface area contributed by atoms with E-state index >= 15 is 0 Å². The molecule has 2 atom stereocenters. The maximum Gasteiger partial charge on any atom is 0.334 e. The molecular formula is C18H20FN3O2. The van der Waals surface area contributed by atoms with Gasteiger partial charge in [-0.25, -0.2) is 14.2 Å². The normalized spacial score (nSPS) is 27.0. The van der Waals surface area contributed by atoms with Crippen molar-refractivity contribution in [3.8, 4) is 0 Å². The zero-order valence-electron chi connectivity index (χ0n) is 13.3. The number of carbonyl (C=O) groups is 1. The van der Waals surface area contributed by atoms with Crippen molar-refractivity contribution in [2.45, 2.75) is 25.0 Å². The molecule has 1 aromatic heterocycles. The Morgan fingerprint density at radius 1 is 1.29 bits per heavy atom. The molecule has 3 aliphatic rings. The largest absolute Gasteiger partial charge is 0.459 e. The lowest BCUT2D eigenvalue weighted by molar-refractivity contribution is -0.161. The van der Waals surface area contributed by atoms with E-state index in [-0.39, 0.29) is 6.10 Å². The predicted molar refractivity (Wildman–Crippen MR) is 85.8 cm³/mol. The van der Waals surface area contributed by atoms with Gasteiger partial charge in [-0.05, 0) is 37.9 Å². The molecule has 3 fully saturated rings. The first-order chi connectivity index (χ1) is 11.7. The average molecular weight is 329 g/mol. The molecule has 1 unspecified atom stereocenters. The van der Waals surface area contributed by atoms with Crippen LogP contribution in [0.5, 0.6) is 0 Å². The van der Waals surface area contributed by atoms with Gasteiger partial charge in [0.25, 0.3) is 0 Å². The number of ether oxygens (including phenoxy) is 1. The molecule has 3 saturated heterocycles. The summed E-state index contributed by atoms with van der Waals surface area (Å²) in [5, 5.41) is 0. The number of carbonyl (C=O) groups excluding carboxylic acids is 1. The van der Waals surface area contributed by atoms with Crippen molar-refractivity contribution in [3.05, 3.63) is 54.4 Å². The van der Waals surface area contributed by atoms with Gasteiger partial charge < -0.3 is 9.30 Å². The van der Waals surface area contributed by atoms with E-state index in [9.17, 15) is 9.18 Å². The second kappa shape index (κ2) is 6.36. The number of aromatic nitrogens is 2. The van der Waals surface area contributed by atoms with Crippen molar-refractivity contribution in [1.29, 1.82) is 0 Å². The maximum atomic E-state index is 14.3. The fraction of sp³-hybridized carbons (Fsp3) is 0.444. The highest BCUT2D eigenvalue weighted by Crippen LogP contribution is 2.31. The summed E-state index contributed by atoms with van der Waals surface area (Å²) in [7, 11) is 0. The van der Waals surface area contributed by atoms with Crippen molar-refractivity contribution in [1.82, 2.24) is 14.5 Å². The summed E-state index contributed by atoms with van der Waals surface area (Å²) in [6.07, 6.45) is 6.79. The number of nitrogens with zero attached hydrogens (tertiary/aromatic N) is 3. The Balaban J connectivity index is 1.59. The minimum Gasteiger partial charge on any atom is -0.459 e. The van der Waals surface area contributed by atoms with Crippen molar-refractivity contribution in [3.63, 3.8) is 0 Å². The summed E-state index contributed by atoms with van der Waals surface area (Å²) in [6.45, 7) is 2.94. The Morgan fingerprint density at radius 3 is 2.71 bits per heavy atom. The summed E-state index contributed by atoms with van der Waals surface area (Å²) in [4.78, 5) is 19.2. The summed E-state index contributed by atoms with van der Waals surface area (Å²) in [5.41, 5.74) is 0.307. The Kier molecular flexibility index (Phi) is 4.06. The highest BCUT2D eigenvalue weighted by atomic mass is 19.1. The lowest BCUT2D eigenvalue weighted by Gasteiger charge is -2.44. The average Bonchev–Trinajstić information content (AvgIpc) is 3.12. The van der Waals surface area contributed by atoms with Gasteiger partial charge in [0.15, 0.2) is 6.04 Å². The van der Waals surface area contributed by atoms with E-state index in [1.165, 1.54) is 12.4 Å². The third-order valence-electron chi connectivity index (χ3n) is 5.11. The smallest absolute Gasteiger partial charge is 0.334 e. The van der Waals surface area contributed by atoms with Gasteiger partial charge in [-0.15, -0.1) is 0 Å². The van der Waals surface area contributed by atoms with Crippen molar-refractivity contribution >= 4 is 5.97 Å². The lowest BCUT2D eigenvalue weighted by atomic mass is 9.86. The summed E-state index contributed by atoms with van der Waals surface area (Å²) in [5.74, 6) is -0.415. The topological polar surface area (TPSA) is 47.4 Å². The second-order valence-corrected chi connectivity index (χ2v) is 6.55. The van der Waals surface area contributed by atoms with Gasteiger partial charge in [0.05, 0.1) is 6.33 Å². The maximum absolute atomic E-state index is 14.3. The molecule has 24 heavy (non-hydrogen) atoms. The zero-order valence-corrected chi connectivity index (χ0v) is 13.3. The number of hydrogen-bond donors (Lipinski definition) is 0. The third kappa shape index (κ3) is 2.82. The van der Waals surface area contributed by atoms with Gasteiger partial charge in [-0.2, -0.15) is 0 Å². The van der Waals surface area contributed by atoms with Crippen LogP contribution in [-0.2, 0) is 9.53 Å². The van der Waals surface area contributed by atoms with Crippen LogP contribution in [0, 0.1) is 11.7 Å². The highest BCUT2D eigenvalue weighted by molar-refractivity contribution is 5.78. The van der Waals surface area contributed by atoms with Crippen LogP contribution in [0.25, 0.3) is 0 Å². The van der Waals surface area contributed by atoms with Crippen LogP contribution in [0.1, 0.15) is 24.4 Å². The van der Waals surface area contributed by atoms with Crippen LogP contribution >= 0.6 is 0 Å². The molecule has 0 amide bonds. The monoisotopic (exact) mass is 329 g/mol. The number of piperidine rings is 3. The fourth-order valence-corrected chi connectivity index (χ4v) is 3.79. The first kappa shape index (κ1) is 15.3. The third-order valence-corrected chi connectivity index (χ3v) is 5.11. The molecular weight excluding hydrogens is 309 g/mol. The van der Waals surface area contributed by atoms with E-state index in [0.29, 0.717) is 11.5 Å². The molecule has 2 aromatic rings. The molecule has 0 saturated carbocycles. The Hall–Kier alpha value is -2.21. The molecule has 5 rings (SSSR count). The fourth-order valence-electron chi connectivity index (χ4n) is 3.79. The van der Waals surface area contributed by atoms with Crippen molar-refractivity contribution in [2.75, 3.05) is 19.6 Å². The summed E-state index contributed by atoms with van der Waals surface area (Å²) < 4.78 is 21.7. The summed E-state index contributed by atoms with van der Waals surface area (Å²) >= 11 is 0. The van der Waals surface area contributed by atoms with Crippen molar-refractivity contribution in [2.24, 2.45) is 5.92 Å². The molecule has 0 N–H and O–H groups in total. The van der Waals surface area contributed by atoms with E-state index in [1.54, 1.807) is 35.2 Å². The quantitative estimate of drug-likeness (QED) is 0.807. The molecule has 2 bridgehead atoms. The summed E-state index contributed by atoms with van der Waals surface area (Å²) in [6, 6.07) is 5.48. The Morgan fingerprint density at radius 2 is 2.08 bits per heavy atom. The van der Waals surface area contributed by atoms with E-state index in [0.717, 1.165) is 32.5 Å². The molecule has 1 aromatic carbocycles. The predicted octanol–water partition coefficient (Wildman–Crippen LogP) is 2.25. The van der Waals surface area contributed by atoms with Crippen LogP contribution in [-0.4, -0.2) is 46.2 Å². The number of rotatable bonds is 4. The number of halogens is 1. The van der Waals surface area contributed by atoms with Crippen LogP contribution in [0.15, 0.2) is 43.0 Å². The number of esters is 1. The molecule has 5 nitrogen and oxygen atoms in total. The number of imidazole rings is 1. The number of benzene rings is 1. The lowest BCUT2D eigenvalue weighted by Crippen LogP contribution is -2.52. The van der Waals surface area contributed by atoms with E-state index in [2.05, 4.69) is 9.88 Å². The molecule has 0 spiro atoms. The van der Waals surface area contributed by atoms with Gasteiger partial charge in [0.1, 0.15) is 11.9 Å². The van der Waals surface area contributed by atoms with Gasteiger partial charge in [-0.1, -0.05) is 18.2 Å². The number of fused-ring (bicyclic) bond motifs is 3. The first-order valence-corrected chi connectivity index (χ1v) is 8.37. The molecule has 6 heteroatoms. The van der Waals surface area contributed by atoms with Gasteiger partial charge in [-0.3, -0.25) is 4.90 Å². The van der Waals surface area contributed by atoms with E-state index in [1.807, 2.05) is 0 Å². The van der Waals surface area contributed by atoms with Crippen LogP contribution in [0.3, 0.4) is 0 Å². The molecule has 0 radical (unpaired) electrons. The first-order valence-electron chi connectivity index (χ1n) is 8.37. The van der Waals surface area contributed by atoms with E-state index < -0.39 is 17.8 Å². The molecule has 126 valence electrons. The van der Waals surface area contributed by atoms with Crippen molar-refractivity contribution < 1.29 is 13.9 Å². The number of hydrogen-bond acceptors (Lipinski definition) is 4. The molecule has 0 aliphatic carbocycles. The Bertz CT molecular complexity index is 711. The second-order valence-electron chi connectivity index (χ2n) is 6.55. The van der Waals surface area contributed by atoms with Gasteiger partial charge in [0.2, 0.25) is 0 Å². The Labute approximate surface area is 140 Å². The standard InChI is InChI=1S/C18H20FN3O2/c19-15-4-2-1-3-14(15)17(22-10-7-20-12-22)18(23)24-16-11-21-8-5-13(16)6-9-21/h1-4,7,10,12-13,16-17H,5-6,8-9,11H2/t16-,17?/m0/s1. The van der Waals surface area contributed by atoms with Gasteiger partial charge >= 0.3 is 5.97 Å². The minimum atomic E-state index is -0.843. The SMILES string of the molecule is O=C(O[C@H]1CN2CCC1CC2)C(c1ccccc1F)n1ccnc1. The minimum absolute atomic E-state index is 0.0993. The van der Waals surface area contributed by atoms with Crippen LogP contribution in [0.2, 0.25) is 0 Å². The van der Waals surface area contributed by atoms with Crippen LogP contribution in [0.4, 0.5) is 4.39 Å². The highest BCUT2D eigenvalue weighted by Gasteiger charge is 2.38. The molecule has 3 aliphatic heterocycles. The zero-order chi connectivity index (χ0) is 16.5. The van der Waals surface area contributed by atoms with Gasteiger partial charge in [0, 0.05) is 24.5 Å². The van der Waals surface area contributed by atoms with E-state index in [4.69, 9.17) is 4.74 Å². The van der Waals surface area contributed by atoms with Crippen LogP contribution < -0.4 is 0 Å².